The zero-order valence-electron chi connectivity index (χ0n) is 23.7. The summed E-state index contributed by atoms with van der Waals surface area (Å²) in [5, 5.41) is 76.4. The summed E-state index contributed by atoms with van der Waals surface area (Å²) >= 11 is 0. The number of anilines is 3. The molecule has 22 nitrogen and oxygen atoms in total. The summed E-state index contributed by atoms with van der Waals surface area (Å²) in [7, 11) is -9.93. The van der Waals surface area contributed by atoms with Crippen molar-refractivity contribution >= 4 is 38.7 Å². The Hall–Kier alpha value is -2.11. The number of nitrogens with one attached hydrogen (secondary N) is 3. The van der Waals surface area contributed by atoms with Gasteiger partial charge in [-0.25, -0.2) is 19.1 Å². The molecule has 0 spiro atoms. The molecular weight excluding hydrogens is 654 g/mol. The van der Waals surface area contributed by atoms with Crippen molar-refractivity contribution in [1.82, 2.24) is 15.1 Å². The smallest absolute Gasteiger partial charge is 0.394 e. The Bertz CT molecular complexity index is 1310. The van der Waals surface area contributed by atoms with Gasteiger partial charge in [-0.15, -0.1) is 0 Å². The Labute approximate surface area is 254 Å². The normalized spacial score (nSPS) is 33.9. The van der Waals surface area contributed by atoms with E-state index in [1.807, 2.05) is 0 Å². The first-order valence-electron chi connectivity index (χ1n) is 13.4. The molecule has 2 saturated heterocycles. The van der Waals surface area contributed by atoms with Crippen molar-refractivity contribution in [3.05, 3.63) is 6.33 Å². The van der Waals surface area contributed by atoms with Crippen molar-refractivity contribution in [3.8, 4) is 0 Å². The molecule has 3 aliphatic heterocycles. The first-order chi connectivity index (χ1) is 20.9. The summed E-state index contributed by atoms with van der Waals surface area (Å²) < 4.78 is 45.7. The number of fused-ring (bicyclic) bond motifs is 1. The van der Waals surface area contributed by atoms with Crippen LogP contribution in [-0.4, -0.2) is 136 Å². The molecule has 45 heavy (non-hydrogen) atoms. The van der Waals surface area contributed by atoms with Crippen LogP contribution in [0.5, 0.6) is 0 Å². The van der Waals surface area contributed by atoms with Gasteiger partial charge < -0.3 is 65.2 Å². The number of carbonyl (C=O) groups excluding carboxylic acids is 1. The number of hydrogen-bond acceptors (Lipinski definition) is 18. The Kier molecular flexibility index (Phi) is 11.1. The first-order valence-corrected chi connectivity index (χ1v) is 16.6. The van der Waals surface area contributed by atoms with Gasteiger partial charge >= 0.3 is 15.5 Å². The predicted octanol–water partition coefficient (Wildman–Crippen LogP) is -3.96. The number of amides is 1. The van der Waals surface area contributed by atoms with Crippen LogP contribution in [0.15, 0.2) is 6.33 Å². The minimum Gasteiger partial charge on any atom is -0.394 e. The van der Waals surface area contributed by atoms with E-state index in [2.05, 4.69) is 20.4 Å². The van der Waals surface area contributed by atoms with E-state index < -0.39 is 95.5 Å². The van der Waals surface area contributed by atoms with E-state index in [0.29, 0.717) is 0 Å². The fourth-order valence-corrected chi connectivity index (χ4v) is 6.64. The molecule has 4 heterocycles. The lowest BCUT2D eigenvalue weighted by Gasteiger charge is -2.40. The maximum atomic E-state index is 12.9. The van der Waals surface area contributed by atoms with Gasteiger partial charge in [-0.1, -0.05) is 13.8 Å². The molecule has 1 amide bonds. The van der Waals surface area contributed by atoms with Gasteiger partial charge in [0.2, 0.25) is 0 Å². The van der Waals surface area contributed by atoms with E-state index in [0.717, 1.165) is 6.33 Å². The number of carbonyl (C=O) groups is 1. The van der Waals surface area contributed by atoms with E-state index in [4.69, 9.17) is 18.5 Å². The third-order valence-electron chi connectivity index (χ3n) is 7.03. The van der Waals surface area contributed by atoms with Crippen LogP contribution < -0.4 is 20.4 Å². The molecule has 1 aromatic heterocycles. The quantitative estimate of drug-likeness (QED) is 0.0931. The van der Waals surface area contributed by atoms with Gasteiger partial charge in [0.15, 0.2) is 36.5 Å². The zero-order chi connectivity index (χ0) is 33.4. The molecular formula is C21H36N6O16P2. The second-order valence-corrected chi connectivity index (χ2v) is 13.6. The highest BCUT2D eigenvalue weighted by Gasteiger charge is 2.48. The number of rotatable bonds is 12. The highest BCUT2D eigenvalue weighted by Crippen LogP contribution is 2.49. The van der Waals surface area contributed by atoms with Crippen LogP contribution in [-0.2, 0) is 32.4 Å². The molecule has 0 bridgehead atoms. The van der Waals surface area contributed by atoms with Gasteiger partial charge in [0.25, 0.3) is 5.91 Å². The van der Waals surface area contributed by atoms with Gasteiger partial charge in [-0.2, -0.15) is 0 Å². The van der Waals surface area contributed by atoms with Gasteiger partial charge in [0, 0.05) is 6.42 Å². The van der Waals surface area contributed by atoms with Crippen molar-refractivity contribution in [3.63, 3.8) is 0 Å². The third kappa shape index (κ3) is 8.07. The molecule has 0 aromatic carbocycles. The average Bonchev–Trinajstić information content (AvgIpc) is 3.54. The molecule has 0 saturated carbocycles. The molecule has 12 atom stereocenters. The highest BCUT2D eigenvalue weighted by atomic mass is 31.2. The number of nitrogens with zero attached hydrogens (tertiary/aromatic N) is 3. The monoisotopic (exact) mass is 690 g/mol. The SMILES string of the molecule is CC(C)[C@H](O)[C@@H](O)C(=O)NP(=O)(O)O[C@@H]1C[C@H](O)[C@H](N2CNc3c(NP(=O)(O)O[C@@H]4[C@@H](O)[C@H](O)[C@@H](CO)O[C@H]4O)ncnc32)O1. The molecule has 2 fully saturated rings. The van der Waals surface area contributed by atoms with Crippen molar-refractivity contribution in [2.24, 2.45) is 5.92 Å². The Morgan fingerprint density at radius 2 is 1.80 bits per heavy atom. The molecule has 256 valence electrons. The van der Waals surface area contributed by atoms with Gasteiger partial charge in [-0.3, -0.25) is 24.0 Å². The molecule has 2 unspecified atom stereocenters. The third-order valence-corrected chi connectivity index (χ3v) is 9.08. The van der Waals surface area contributed by atoms with E-state index in [-0.39, 0.29) is 30.4 Å². The molecule has 24 heteroatoms. The van der Waals surface area contributed by atoms with Crippen LogP contribution >= 0.6 is 15.5 Å². The first kappa shape index (κ1) is 35.7. The summed E-state index contributed by atoms with van der Waals surface area (Å²) in [6, 6.07) is 0. The molecule has 4 rings (SSSR count). The Balaban J connectivity index is 1.41. The van der Waals surface area contributed by atoms with Gasteiger partial charge in [0.1, 0.15) is 42.5 Å². The fourth-order valence-electron chi connectivity index (χ4n) is 4.68. The van der Waals surface area contributed by atoms with Crippen LogP contribution in [0.3, 0.4) is 0 Å². The lowest BCUT2D eigenvalue weighted by Crippen LogP contribution is -2.59. The fraction of sp³-hybridized carbons (Fsp3) is 0.762. The van der Waals surface area contributed by atoms with Crippen molar-refractivity contribution in [2.75, 3.05) is 28.6 Å². The maximum absolute atomic E-state index is 12.9. The van der Waals surface area contributed by atoms with Crippen LogP contribution in [0.4, 0.5) is 17.3 Å². The topological polar surface area (TPSA) is 335 Å². The lowest BCUT2D eigenvalue weighted by atomic mass is 9.99. The number of aliphatic hydroxyl groups excluding tert-OH is 7. The number of aromatic nitrogens is 2. The molecule has 12 N–H and O–H groups in total. The van der Waals surface area contributed by atoms with Crippen LogP contribution in [0.25, 0.3) is 0 Å². The largest absolute Gasteiger partial charge is 0.434 e. The summed E-state index contributed by atoms with van der Waals surface area (Å²) in [6.07, 6.45) is -16.1. The van der Waals surface area contributed by atoms with Gasteiger partial charge in [-0.05, 0) is 5.92 Å². The maximum Gasteiger partial charge on any atom is 0.434 e. The lowest BCUT2D eigenvalue weighted by molar-refractivity contribution is -0.281. The molecule has 1 aromatic rings. The van der Waals surface area contributed by atoms with Crippen molar-refractivity contribution < 1.29 is 78.0 Å². The zero-order valence-corrected chi connectivity index (χ0v) is 25.5. The van der Waals surface area contributed by atoms with Crippen LogP contribution in [0.1, 0.15) is 20.3 Å². The summed E-state index contributed by atoms with van der Waals surface area (Å²) in [5.74, 6) is -2.21. The van der Waals surface area contributed by atoms with E-state index >= 15 is 0 Å². The molecule has 0 radical (unpaired) electrons. The number of hydrogen-bond donors (Lipinski definition) is 12. The van der Waals surface area contributed by atoms with E-state index in [1.165, 1.54) is 18.7 Å². The standard InChI is InChI=1S/C21H36N6O16P2/c1-7(2)12(30)15(33)19(34)26-45(38,39)42-10-3-8(29)20(41-10)27-6-24-11-17(22-5-23-18(11)27)25-44(36,37)43-16-14(32)13(31)9(4-28)40-21(16)35/h5,7-10,12-16,20-21,24,28-33,35H,3-4,6H2,1-2H3,(H2,26,34,38,39)(H2,22,23,25,36,37)/t8-,9+,10+,12-,13+,14-,15+,16+,20+,21+/m0/s1. The summed E-state index contributed by atoms with van der Waals surface area (Å²) in [6.45, 7) is 2.13. The Morgan fingerprint density at radius 1 is 1.11 bits per heavy atom. The minimum absolute atomic E-state index is 0.00899. The Morgan fingerprint density at radius 3 is 2.44 bits per heavy atom. The number of ether oxygens (including phenoxy) is 2. The summed E-state index contributed by atoms with van der Waals surface area (Å²) in [4.78, 5) is 41.9. The highest BCUT2D eigenvalue weighted by molar-refractivity contribution is 7.54. The van der Waals surface area contributed by atoms with Crippen LogP contribution in [0.2, 0.25) is 0 Å². The predicted molar refractivity (Wildman–Crippen MR) is 146 cm³/mol. The second kappa shape index (κ2) is 13.9. The second-order valence-electron chi connectivity index (χ2n) is 10.7. The van der Waals surface area contributed by atoms with E-state index in [9.17, 15) is 59.5 Å². The van der Waals surface area contributed by atoms with E-state index in [1.54, 1.807) is 5.09 Å². The molecule has 0 aliphatic carbocycles. The minimum atomic E-state index is -4.97. The van der Waals surface area contributed by atoms with Crippen molar-refractivity contribution in [1.29, 1.82) is 0 Å². The molecule has 3 aliphatic rings. The van der Waals surface area contributed by atoms with Crippen molar-refractivity contribution in [2.45, 2.75) is 81.8 Å². The summed E-state index contributed by atoms with van der Waals surface area (Å²) in [5.41, 5.74) is 0.00899. The van der Waals surface area contributed by atoms with Gasteiger partial charge in [0.05, 0.1) is 19.4 Å². The van der Waals surface area contributed by atoms with Crippen LogP contribution in [0, 0.1) is 5.92 Å². The average molecular weight is 690 g/mol. The number of aliphatic hydroxyl groups is 7.